The first-order valence-electron chi connectivity index (χ1n) is 14.6. The number of methoxy groups -OCH3 is 1. The van der Waals surface area contributed by atoms with Crippen molar-refractivity contribution < 1.29 is 32.2 Å². The molecule has 0 aromatic heterocycles. The van der Waals surface area contributed by atoms with E-state index in [-0.39, 0.29) is 11.5 Å². The molecule has 2 N–H and O–H groups in total. The summed E-state index contributed by atoms with van der Waals surface area (Å²) in [6.07, 6.45) is -4.57. The van der Waals surface area contributed by atoms with Crippen molar-refractivity contribution in [2.75, 3.05) is 87.8 Å². The number of carbonyl (C=O) groups is 2. The van der Waals surface area contributed by atoms with Gasteiger partial charge in [0.25, 0.3) is 11.8 Å². The normalized spacial score (nSPS) is 16.0. The molecule has 0 aliphatic carbocycles. The predicted molar refractivity (Wildman–Crippen MR) is 163 cm³/mol. The number of para-hydroxylation sites is 2. The average Bonchev–Trinajstić information content (AvgIpc) is 3.05. The van der Waals surface area contributed by atoms with Crippen molar-refractivity contribution in [2.45, 2.75) is 6.18 Å². The lowest BCUT2D eigenvalue weighted by Crippen LogP contribution is -2.47. The van der Waals surface area contributed by atoms with Crippen LogP contribution < -0.4 is 25.2 Å². The molecule has 2 saturated heterocycles. The standard InChI is InChI=1S/C32H36F3N5O4/c1-43-29-8-3-2-7-28(29)40-15-13-39(14-16-40)27-10-9-25(37-30(41)23-5-4-6-24(21-23)32(33,34)35)22-26(27)31(42)36-11-12-38-17-19-44-20-18-38/h2-10,21-22H,11-20H2,1H3,(H,36,42)(H,37,41). The predicted octanol–water partition coefficient (Wildman–Crippen LogP) is 4.35. The second-order valence-corrected chi connectivity index (χ2v) is 10.6. The van der Waals surface area contributed by atoms with Crippen molar-refractivity contribution in [3.63, 3.8) is 0 Å². The number of amides is 2. The summed E-state index contributed by atoms with van der Waals surface area (Å²) < 4.78 is 50.5. The molecular formula is C32H36F3N5O4. The van der Waals surface area contributed by atoms with Crippen molar-refractivity contribution in [2.24, 2.45) is 0 Å². The average molecular weight is 612 g/mol. The highest BCUT2D eigenvalue weighted by Gasteiger charge is 2.31. The Hall–Kier alpha value is -4.29. The summed E-state index contributed by atoms with van der Waals surface area (Å²) in [5.41, 5.74) is 1.36. The molecule has 9 nitrogen and oxygen atoms in total. The van der Waals surface area contributed by atoms with Gasteiger partial charge in [0.15, 0.2) is 0 Å². The van der Waals surface area contributed by atoms with Gasteiger partial charge in [-0.1, -0.05) is 18.2 Å². The van der Waals surface area contributed by atoms with Gasteiger partial charge in [0.1, 0.15) is 5.75 Å². The molecule has 2 heterocycles. The van der Waals surface area contributed by atoms with E-state index in [1.807, 2.05) is 24.3 Å². The number of anilines is 3. The molecule has 5 rings (SSSR count). The Bertz CT molecular complexity index is 1450. The Morgan fingerprint density at radius 3 is 2.25 bits per heavy atom. The van der Waals surface area contributed by atoms with Gasteiger partial charge in [0, 0.05) is 69.3 Å². The number of hydrogen-bond acceptors (Lipinski definition) is 7. The fourth-order valence-corrected chi connectivity index (χ4v) is 5.44. The number of alkyl halides is 3. The Labute approximate surface area is 254 Å². The van der Waals surface area contributed by atoms with E-state index in [1.165, 1.54) is 12.1 Å². The van der Waals surface area contributed by atoms with Crippen LogP contribution in [0.25, 0.3) is 0 Å². The summed E-state index contributed by atoms with van der Waals surface area (Å²) in [5.74, 6) is -0.203. The zero-order chi connectivity index (χ0) is 31.1. The van der Waals surface area contributed by atoms with Crippen LogP contribution in [0.2, 0.25) is 0 Å². The lowest BCUT2D eigenvalue weighted by Gasteiger charge is -2.38. The van der Waals surface area contributed by atoms with Crippen LogP contribution in [0.15, 0.2) is 66.7 Å². The number of hydrogen-bond donors (Lipinski definition) is 2. The number of nitrogens with zero attached hydrogens (tertiary/aromatic N) is 3. The van der Waals surface area contributed by atoms with Crippen LogP contribution in [0.4, 0.5) is 30.2 Å². The second-order valence-electron chi connectivity index (χ2n) is 10.6. The van der Waals surface area contributed by atoms with Crippen LogP contribution in [0.1, 0.15) is 26.3 Å². The Balaban J connectivity index is 1.33. The number of ether oxygens (including phenoxy) is 2. The molecule has 0 unspecified atom stereocenters. The lowest BCUT2D eigenvalue weighted by molar-refractivity contribution is -0.137. The molecule has 0 bridgehead atoms. The topological polar surface area (TPSA) is 86.4 Å². The maximum Gasteiger partial charge on any atom is 0.416 e. The van der Waals surface area contributed by atoms with Gasteiger partial charge >= 0.3 is 6.18 Å². The third-order valence-corrected chi connectivity index (χ3v) is 7.81. The van der Waals surface area contributed by atoms with Gasteiger partial charge < -0.3 is 29.9 Å². The van der Waals surface area contributed by atoms with Gasteiger partial charge in [-0.05, 0) is 48.5 Å². The maximum atomic E-state index is 13.5. The van der Waals surface area contributed by atoms with E-state index in [0.29, 0.717) is 69.4 Å². The molecule has 2 fully saturated rings. The Morgan fingerprint density at radius 2 is 1.55 bits per heavy atom. The lowest BCUT2D eigenvalue weighted by atomic mass is 10.1. The van der Waals surface area contributed by atoms with Crippen LogP contribution in [0.5, 0.6) is 5.75 Å². The van der Waals surface area contributed by atoms with Crippen molar-refractivity contribution in [1.82, 2.24) is 10.2 Å². The number of nitrogens with one attached hydrogen (secondary N) is 2. The van der Waals surface area contributed by atoms with Gasteiger partial charge in [-0.25, -0.2) is 0 Å². The first-order chi connectivity index (χ1) is 21.2. The van der Waals surface area contributed by atoms with Gasteiger partial charge in [-0.15, -0.1) is 0 Å². The van der Waals surface area contributed by atoms with E-state index in [9.17, 15) is 22.8 Å². The van der Waals surface area contributed by atoms with E-state index >= 15 is 0 Å². The SMILES string of the molecule is COc1ccccc1N1CCN(c2ccc(NC(=O)c3cccc(C(F)(F)F)c3)cc2C(=O)NCCN2CCOCC2)CC1. The highest BCUT2D eigenvalue weighted by Crippen LogP contribution is 2.32. The highest BCUT2D eigenvalue weighted by molar-refractivity contribution is 6.06. The quantitative estimate of drug-likeness (QED) is 0.372. The summed E-state index contributed by atoms with van der Waals surface area (Å²) in [7, 11) is 1.65. The first kappa shape index (κ1) is 31.1. The van der Waals surface area contributed by atoms with Gasteiger partial charge in [-0.2, -0.15) is 13.2 Å². The molecule has 0 radical (unpaired) electrons. The molecule has 0 spiro atoms. The fourth-order valence-electron chi connectivity index (χ4n) is 5.44. The molecule has 3 aromatic rings. The molecule has 12 heteroatoms. The van der Waals surface area contributed by atoms with Crippen LogP contribution >= 0.6 is 0 Å². The minimum atomic E-state index is -4.57. The van der Waals surface area contributed by atoms with E-state index in [1.54, 1.807) is 25.3 Å². The minimum Gasteiger partial charge on any atom is -0.495 e. The van der Waals surface area contributed by atoms with Gasteiger partial charge in [-0.3, -0.25) is 14.5 Å². The van der Waals surface area contributed by atoms with Crippen molar-refractivity contribution in [3.05, 3.63) is 83.4 Å². The molecule has 2 aliphatic heterocycles. The Kier molecular flexibility index (Phi) is 9.91. The largest absolute Gasteiger partial charge is 0.495 e. The Morgan fingerprint density at radius 1 is 0.841 bits per heavy atom. The number of morpholine rings is 1. The maximum absolute atomic E-state index is 13.5. The van der Waals surface area contributed by atoms with Crippen LogP contribution in [0.3, 0.4) is 0 Å². The highest BCUT2D eigenvalue weighted by atomic mass is 19.4. The van der Waals surface area contributed by atoms with Gasteiger partial charge in [0.05, 0.1) is 37.1 Å². The number of piperazine rings is 1. The number of rotatable bonds is 9. The van der Waals surface area contributed by atoms with E-state index in [2.05, 4.69) is 25.3 Å². The van der Waals surface area contributed by atoms with Crippen LogP contribution in [-0.4, -0.2) is 89.4 Å². The monoisotopic (exact) mass is 611 g/mol. The van der Waals surface area contributed by atoms with E-state index in [0.717, 1.165) is 36.7 Å². The summed E-state index contributed by atoms with van der Waals surface area (Å²) in [6.45, 7) is 6.71. The zero-order valence-electron chi connectivity index (χ0n) is 24.5. The van der Waals surface area contributed by atoms with E-state index < -0.39 is 17.6 Å². The van der Waals surface area contributed by atoms with Gasteiger partial charge in [0.2, 0.25) is 0 Å². The first-order valence-corrected chi connectivity index (χ1v) is 14.6. The second kappa shape index (κ2) is 14.0. The molecule has 44 heavy (non-hydrogen) atoms. The van der Waals surface area contributed by atoms with Crippen molar-refractivity contribution >= 4 is 28.9 Å². The molecule has 2 amide bonds. The molecule has 2 aliphatic rings. The third kappa shape index (κ3) is 7.61. The summed E-state index contributed by atoms with van der Waals surface area (Å²) in [4.78, 5) is 33.0. The summed E-state index contributed by atoms with van der Waals surface area (Å²) in [6, 6.07) is 17.1. The molecule has 3 aromatic carbocycles. The van der Waals surface area contributed by atoms with Crippen LogP contribution in [0, 0.1) is 0 Å². The third-order valence-electron chi connectivity index (χ3n) is 7.81. The fraction of sp³-hybridized carbons (Fsp3) is 0.375. The van der Waals surface area contributed by atoms with E-state index in [4.69, 9.17) is 9.47 Å². The molecule has 0 saturated carbocycles. The summed E-state index contributed by atoms with van der Waals surface area (Å²) >= 11 is 0. The molecular weight excluding hydrogens is 575 g/mol. The number of carbonyl (C=O) groups excluding carboxylic acids is 2. The molecule has 0 atom stereocenters. The van der Waals surface area contributed by atoms with Crippen molar-refractivity contribution in [3.8, 4) is 5.75 Å². The van der Waals surface area contributed by atoms with Crippen LogP contribution in [-0.2, 0) is 10.9 Å². The zero-order valence-corrected chi connectivity index (χ0v) is 24.5. The summed E-state index contributed by atoms with van der Waals surface area (Å²) in [5, 5.41) is 5.66. The molecule has 234 valence electrons. The van der Waals surface area contributed by atoms with Crippen molar-refractivity contribution in [1.29, 1.82) is 0 Å². The number of halogens is 3. The smallest absolute Gasteiger partial charge is 0.416 e. The minimum absolute atomic E-state index is 0.132. The number of benzene rings is 3.